The maximum atomic E-state index is 13.2. The molecule has 1 aliphatic carbocycles. The van der Waals surface area contributed by atoms with E-state index < -0.39 is 17.7 Å². The molecule has 0 bridgehead atoms. The molecule has 6 heteroatoms. The van der Waals surface area contributed by atoms with Crippen molar-refractivity contribution in [3.05, 3.63) is 35.9 Å². The molecule has 1 N–H and O–H groups in total. The molecule has 1 saturated heterocycles. The lowest BCUT2D eigenvalue weighted by molar-refractivity contribution is -0.127. The van der Waals surface area contributed by atoms with Crippen LogP contribution in [0.3, 0.4) is 0 Å². The molecule has 1 heterocycles. The van der Waals surface area contributed by atoms with Gasteiger partial charge in [-0.15, -0.1) is 0 Å². The number of likely N-dealkylation sites (N-methyl/N-ethyl adjacent to an activating group) is 1. The van der Waals surface area contributed by atoms with Crippen molar-refractivity contribution in [3.63, 3.8) is 0 Å². The number of hydrogen-bond acceptors (Lipinski definition) is 4. The Labute approximate surface area is 187 Å². The van der Waals surface area contributed by atoms with Crippen LogP contribution in [0.1, 0.15) is 58.9 Å². The van der Waals surface area contributed by atoms with Gasteiger partial charge in [0.1, 0.15) is 11.6 Å². The van der Waals surface area contributed by atoms with Crippen LogP contribution in [-0.2, 0) is 16.1 Å². The molecule has 1 aromatic rings. The highest BCUT2D eigenvalue weighted by molar-refractivity contribution is 5.85. The monoisotopic (exact) mass is 429 g/mol. The third kappa shape index (κ3) is 6.22. The van der Waals surface area contributed by atoms with Gasteiger partial charge in [0.2, 0.25) is 5.91 Å². The minimum absolute atomic E-state index is 0.0534. The summed E-state index contributed by atoms with van der Waals surface area (Å²) in [4.78, 5) is 29.7. The lowest BCUT2D eigenvalue weighted by Crippen LogP contribution is -2.52. The van der Waals surface area contributed by atoms with E-state index in [0.29, 0.717) is 18.3 Å². The summed E-state index contributed by atoms with van der Waals surface area (Å²) in [5, 5.41) is 3.30. The largest absolute Gasteiger partial charge is 0.444 e. The predicted molar refractivity (Wildman–Crippen MR) is 123 cm³/mol. The van der Waals surface area contributed by atoms with Crippen molar-refractivity contribution in [2.45, 2.75) is 77.6 Å². The fraction of sp³-hybridized carbons (Fsp3) is 0.680. The number of rotatable bonds is 7. The van der Waals surface area contributed by atoms with Crippen molar-refractivity contribution in [1.82, 2.24) is 15.1 Å². The third-order valence-electron chi connectivity index (χ3n) is 6.52. The average Bonchev–Trinajstić information content (AvgIpc) is 3.26. The Morgan fingerprint density at radius 1 is 1.19 bits per heavy atom. The molecular weight excluding hydrogens is 390 g/mol. The van der Waals surface area contributed by atoms with Crippen molar-refractivity contribution in [2.24, 2.45) is 11.8 Å². The molecule has 6 nitrogen and oxygen atoms in total. The smallest absolute Gasteiger partial charge is 0.410 e. The highest BCUT2D eigenvalue weighted by Crippen LogP contribution is 2.38. The first-order chi connectivity index (χ1) is 14.7. The third-order valence-corrected chi connectivity index (χ3v) is 6.52. The summed E-state index contributed by atoms with van der Waals surface area (Å²) in [6, 6.07) is 10.3. The SMILES string of the molecule is CCC[C@@H](C(=O)N[C@@H]1CC[C@@H]2CN(Cc3ccccc3)C[C@@H]21)N(C)C(=O)OC(C)(C)C. The Morgan fingerprint density at radius 3 is 2.55 bits per heavy atom. The van der Waals surface area contributed by atoms with Crippen molar-refractivity contribution in [2.75, 3.05) is 20.1 Å². The standard InChI is InChI=1S/C25H39N3O3/c1-6-10-22(27(5)24(30)31-25(2,3)4)23(29)26-21-14-13-19-16-28(17-20(19)21)15-18-11-8-7-9-12-18/h7-9,11-12,19-22H,6,10,13-17H2,1-5H3,(H,26,29)/t19-,20+,21-,22+/m1/s1. The van der Waals surface area contributed by atoms with E-state index in [1.54, 1.807) is 7.05 Å². The fourth-order valence-corrected chi connectivity index (χ4v) is 5.02. The number of nitrogens with one attached hydrogen (secondary N) is 1. The van der Waals surface area contributed by atoms with Gasteiger partial charge < -0.3 is 10.1 Å². The predicted octanol–water partition coefficient (Wildman–Crippen LogP) is 4.05. The average molecular weight is 430 g/mol. The summed E-state index contributed by atoms with van der Waals surface area (Å²) in [6.45, 7) is 10.6. The van der Waals surface area contributed by atoms with Gasteiger partial charge in [-0.25, -0.2) is 4.79 Å². The zero-order valence-electron chi connectivity index (χ0n) is 19.8. The van der Waals surface area contributed by atoms with E-state index in [9.17, 15) is 9.59 Å². The van der Waals surface area contributed by atoms with E-state index in [0.717, 1.165) is 38.9 Å². The number of nitrogens with zero attached hydrogens (tertiary/aromatic N) is 2. The number of amides is 2. The number of likely N-dealkylation sites (tertiary alicyclic amines) is 1. The summed E-state index contributed by atoms with van der Waals surface area (Å²) in [5.74, 6) is 1.08. The molecule has 2 amide bonds. The molecule has 0 radical (unpaired) electrons. The molecule has 0 aromatic heterocycles. The molecule has 1 aliphatic heterocycles. The van der Waals surface area contributed by atoms with Crippen LogP contribution >= 0.6 is 0 Å². The summed E-state index contributed by atoms with van der Waals surface area (Å²) in [6.07, 6.45) is 3.19. The second kappa shape index (κ2) is 10.0. The molecule has 1 aromatic carbocycles. The van der Waals surface area contributed by atoms with Crippen molar-refractivity contribution < 1.29 is 14.3 Å². The van der Waals surface area contributed by atoms with Crippen molar-refractivity contribution in [3.8, 4) is 0 Å². The van der Waals surface area contributed by atoms with Crippen molar-refractivity contribution >= 4 is 12.0 Å². The van der Waals surface area contributed by atoms with Gasteiger partial charge in [-0.05, 0) is 57.4 Å². The van der Waals surface area contributed by atoms with Gasteiger partial charge in [0.25, 0.3) is 0 Å². The van der Waals surface area contributed by atoms with E-state index in [2.05, 4.69) is 40.5 Å². The van der Waals surface area contributed by atoms with Crippen molar-refractivity contribution in [1.29, 1.82) is 0 Å². The second-order valence-electron chi connectivity index (χ2n) is 10.2. The van der Waals surface area contributed by atoms with Crippen LogP contribution in [0.2, 0.25) is 0 Å². The maximum Gasteiger partial charge on any atom is 0.410 e. The highest BCUT2D eigenvalue weighted by Gasteiger charge is 2.44. The lowest BCUT2D eigenvalue weighted by atomic mass is 9.97. The van der Waals surface area contributed by atoms with E-state index in [1.165, 1.54) is 10.5 Å². The first-order valence-electron chi connectivity index (χ1n) is 11.7. The molecule has 2 aliphatic rings. The van der Waals surface area contributed by atoms with Gasteiger partial charge >= 0.3 is 6.09 Å². The Balaban J connectivity index is 1.58. The van der Waals surface area contributed by atoms with Crippen LogP contribution in [-0.4, -0.2) is 59.6 Å². The maximum absolute atomic E-state index is 13.2. The Morgan fingerprint density at radius 2 is 1.90 bits per heavy atom. The minimum atomic E-state index is -0.580. The molecule has 0 spiro atoms. The zero-order chi connectivity index (χ0) is 22.6. The molecule has 31 heavy (non-hydrogen) atoms. The number of carbonyl (C=O) groups is 2. The van der Waals surface area contributed by atoms with Crippen LogP contribution in [0.5, 0.6) is 0 Å². The quantitative estimate of drug-likeness (QED) is 0.710. The van der Waals surface area contributed by atoms with Gasteiger partial charge in [-0.2, -0.15) is 0 Å². The molecule has 172 valence electrons. The molecule has 0 unspecified atom stereocenters. The summed E-state index contributed by atoms with van der Waals surface area (Å²) >= 11 is 0. The minimum Gasteiger partial charge on any atom is -0.444 e. The Kier molecular flexibility index (Phi) is 7.63. The van der Waals surface area contributed by atoms with Crippen LogP contribution in [0.4, 0.5) is 4.79 Å². The fourth-order valence-electron chi connectivity index (χ4n) is 5.02. The molecule has 4 atom stereocenters. The van der Waals surface area contributed by atoms with Crippen LogP contribution in [0, 0.1) is 11.8 Å². The van der Waals surface area contributed by atoms with Gasteiger partial charge in [0.15, 0.2) is 0 Å². The number of hydrogen-bond donors (Lipinski definition) is 1. The van der Waals surface area contributed by atoms with Gasteiger partial charge in [-0.3, -0.25) is 14.6 Å². The second-order valence-corrected chi connectivity index (χ2v) is 10.2. The molecule has 2 fully saturated rings. The first kappa shape index (κ1) is 23.6. The van der Waals surface area contributed by atoms with Crippen LogP contribution in [0.15, 0.2) is 30.3 Å². The van der Waals surface area contributed by atoms with E-state index in [1.807, 2.05) is 27.7 Å². The number of carbonyl (C=O) groups excluding carboxylic acids is 2. The van der Waals surface area contributed by atoms with E-state index >= 15 is 0 Å². The normalized spacial score (nSPS) is 24.5. The molecular formula is C25H39N3O3. The number of benzene rings is 1. The molecule has 1 saturated carbocycles. The summed E-state index contributed by atoms with van der Waals surface area (Å²) in [7, 11) is 1.67. The summed E-state index contributed by atoms with van der Waals surface area (Å²) in [5.41, 5.74) is 0.758. The van der Waals surface area contributed by atoms with E-state index in [-0.39, 0.29) is 11.9 Å². The highest BCUT2D eigenvalue weighted by atomic mass is 16.6. The lowest BCUT2D eigenvalue weighted by Gasteiger charge is -2.31. The Hall–Kier alpha value is -2.08. The number of fused-ring (bicyclic) bond motifs is 1. The topological polar surface area (TPSA) is 61.9 Å². The van der Waals surface area contributed by atoms with E-state index in [4.69, 9.17) is 4.74 Å². The van der Waals surface area contributed by atoms with Gasteiger partial charge in [-0.1, -0.05) is 43.7 Å². The zero-order valence-corrected chi connectivity index (χ0v) is 19.8. The molecule has 3 rings (SSSR count). The van der Waals surface area contributed by atoms with Gasteiger partial charge in [0.05, 0.1) is 0 Å². The first-order valence-corrected chi connectivity index (χ1v) is 11.7. The summed E-state index contributed by atoms with van der Waals surface area (Å²) < 4.78 is 5.49. The van der Waals surface area contributed by atoms with Gasteiger partial charge in [0, 0.05) is 32.7 Å². The number of ether oxygens (including phenoxy) is 1. The Bertz CT molecular complexity index is 746. The van der Waals surface area contributed by atoms with Crippen LogP contribution in [0.25, 0.3) is 0 Å². The van der Waals surface area contributed by atoms with Crippen LogP contribution < -0.4 is 5.32 Å².